The molecule has 1 aliphatic rings. The number of halogens is 3. The van der Waals surface area contributed by atoms with Crippen molar-refractivity contribution < 1.29 is 22.6 Å². The van der Waals surface area contributed by atoms with Gasteiger partial charge >= 0.3 is 6.18 Å². The molecule has 0 saturated heterocycles. The summed E-state index contributed by atoms with van der Waals surface area (Å²) in [6.07, 6.45) is -3.61. The quantitative estimate of drug-likeness (QED) is 0.618. The number of fused-ring (bicyclic) bond motifs is 1. The van der Waals surface area contributed by atoms with Gasteiger partial charge in [0.2, 0.25) is 6.79 Å². The zero-order chi connectivity index (χ0) is 19.3. The number of ether oxygens (including phenoxy) is 2. The molecule has 0 radical (unpaired) electrons. The van der Waals surface area contributed by atoms with Gasteiger partial charge in [-0.15, -0.1) is 0 Å². The molecule has 0 fully saturated rings. The van der Waals surface area contributed by atoms with E-state index in [4.69, 9.17) is 9.47 Å². The highest BCUT2D eigenvalue weighted by Gasteiger charge is 2.30. The van der Waals surface area contributed by atoms with E-state index in [1.165, 1.54) is 6.07 Å². The lowest BCUT2D eigenvalue weighted by molar-refractivity contribution is -0.137. The van der Waals surface area contributed by atoms with Crippen molar-refractivity contribution >= 4 is 5.96 Å². The second kappa shape index (κ2) is 8.20. The number of benzene rings is 2. The van der Waals surface area contributed by atoms with Gasteiger partial charge in [0.15, 0.2) is 17.5 Å². The van der Waals surface area contributed by atoms with Crippen LogP contribution in [0.5, 0.6) is 11.5 Å². The smallest absolute Gasteiger partial charge is 0.416 e. The fraction of sp³-hybridized carbons (Fsp3) is 0.316. The Balaban J connectivity index is 1.48. The van der Waals surface area contributed by atoms with Crippen LogP contribution in [0.25, 0.3) is 0 Å². The van der Waals surface area contributed by atoms with E-state index in [2.05, 4.69) is 15.6 Å². The SMILES string of the molecule is CN=C(NCCc1ccc2c(c1)OCO2)NCc1cccc(C(F)(F)F)c1. The molecule has 2 aromatic rings. The van der Waals surface area contributed by atoms with Crippen LogP contribution < -0.4 is 20.1 Å². The Morgan fingerprint density at radius 2 is 1.85 bits per heavy atom. The first-order valence-corrected chi connectivity index (χ1v) is 8.45. The van der Waals surface area contributed by atoms with Gasteiger partial charge in [-0.25, -0.2) is 0 Å². The third-order valence-corrected chi connectivity index (χ3v) is 4.08. The van der Waals surface area contributed by atoms with Crippen molar-refractivity contribution in [1.29, 1.82) is 0 Å². The molecule has 0 saturated carbocycles. The molecule has 2 N–H and O–H groups in total. The molecule has 0 unspecified atom stereocenters. The molecule has 0 amide bonds. The van der Waals surface area contributed by atoms with Crippen molar-refractivity contribution in [3.63, 3.8) is 0 Å². The van der Waals surface area contributed by atoms with Gasteiger partial charge in [-0.3, -0.25) is 4.99 Å². The Morgan fingerprint density at radius 1 is 1.04 bits per heavy atom. The Labute approximate surface area is 155 Å². The minimum atomic E-state index is -4.35. The number of aliphatic imine (C=N–C) groups is 1. The van der Waals surface area contributed by atoms with Gasteiger partial charge in [-0.05, 0) is 41.8 Å². The number of guanidine groups is 1. The first kappa shape index (κ1) is 18.9. The summed E-state index contributed by atoms with van der Waals surface area (Å²) < 4.78 is 48.9. The normalized spacial score (nSPS) is 13.6. The number of alkyl halides is 3. The van der Waals surface area contributed by atoms with Crippen molar-refractivity contribution in [3.8, 4) is 11.5 Å². The predicted octanol–water partition coefficient (Wildman–Crippen LogP) is 3.34. The number of nitrogens with zero attached hydrogens (tertiary/aromatic N) is 1. The van der Waals surface area contributed by atoms with E-state index in [9.17, 15) is 13.2 Å². The first-order chi connectivity index (χ1) is 13.0. The van der Waals surface area contributed by atoms with E-state index in [0.717, 1.165) is 35.6 Å². The van der Waals surface area contributed by atoms with E-state index < -0.39 is 11.7 Å². The summed E-state index contributed by atoms with van der Waals surface area (Å²) in [6.45, 7) is 1.10. The zero-order valence-electron chi connectivity index (χ0n) is 14.8. The molecule has 27 heavy (non-hydrogen) atoms. The van der Waals surface area contributed by atoms with E-state index >= 15 is 0 Å². The third-order valence-electron chi connectivity index (χ3n) is 4.08. The topological polar surface area (TPSA) is 54.9 Å². The van der Waals surface area contributed by atoms with Crippen LogP contribution in [-0.2, 0) is 19.1 Å². The lowest BCUT2D eigenvalue weighted by atomic mass is 10.1. The molecule has 0 aromatic heterocycles. The van der Waals surface area contributed by atoms with Gasteiger partial charge in [0.25, 0.3) is 0 Å². The Kier molecular flexibility index (Phi) is 5.73. The molecular weight excluding hydrogens is 359 g/mol. The van der Waals surface area contributed by atoms with Crippen LogP contribution in [0, 0.1) is 0 Å². The number of nitrogens with one attached hydrogen (secondary N) is 2. The average molecular weight is 379 g/mol. The minimum absolute atomic E-state index is 0.239. The molecular formula is C19H20F3N3O2. The van der Waals surface area contributed by atoms with Crippen LogP contribution in [0.15, 0.2) is 47.5 Å². The van der Waals surface area contributed by atoms with Crippen LogP contribution in [0.4, 0.5) is 13.2 Å². The highest BCUT2D eigenvalue weighted by atomic mass is 19.4. The Bertz CT molecular complexity index is 822. The van der Waals surface area contributed by atoms with Gasteiger partial charge < -0.3 is 20.1 Å². The van der Waals surface area contributed by atoms with Crippen molar-refractivity contribution in [2.45, 2.75) is 19.1 Å². The summed E-state index contributed by atoms with van der Waals surface area (Å²) in [5.74, 6) is 2.00. The van der Waals surface area contributed by atoms with Gasteiger partial charge in [0, 0.05) is 20.1 Å². The number of hydrogen-bond donors (Lipinski definition) is 2. The fourth-order valence-corrected chi connectivity index (χ4v) is 2.69. The maximum atomic E-state index is 12.8. The summed E-state index contributed by atoms with van der Waals surface area (Å²) in [7, 11) is 1.61. The lowest BCUT2D eigenvalue weighted by Gasteiger charge is -2.13. The summed E-state index contributed by atoms with van der Waals surface area (Å²) in [6, 6.07) is 11.0. The van der Waals surface area contributed by atoms with E-state index in [1.807, 2.05) is 18.2 Å². The summed E-state index contributed by atoms with van der Waals surface area (Å²) >= 11 is 0. The molecule has 144 valence electrons. The molecule has 0 aliphatic carbocycles. The van der Waals surface area contributed by atoms with E-state index in [1.54, 1.807) is 13.1 Å². The summed E-state index contributed by atoms with van der Waals surface area (Å²) in [5.41, 5.74) is 0.955. The molecule has 2 aromatic carbocycles. The highest BCUT2D eigenvalue weighted by molar-refractivity contribution is 5.79. The van der Waals surface area contributed by atoms with Crippen LogP contribution in [0.3, 0.4) is 0 Å². The highest BCUT2D eigenvalue weighted by Crippen LogP contribution is 2.32. The van der Waals surface area contributed by atoms with Crippen LogP contribution in [0.1, 0.15) is 16.7 Å². The predicted molar refractivity (Wildman–Crippen MR) is 95.9 cm³/mol. The van der Waals surface area contributed by atoms with Crippen molar-refractivity contribution in [3.05, 3.63) is 59.2 Å². The molecule has 8 heteroatoms. The second-order valence-electron chi connectivity index (χ2n) is 5.99. The van der Waals surface area contributed by atoms with Gasteiger partial charge in [0.05, 0.1) is 5.56 Å². The summed E-state index contributed by atoms with van der Waals surface area (Å²) in [4.78, 5) is 4.09. The zero-order valence-corrected chi connectivity index (χ0v) is 14.8. The van der Waals surface area contributed by atoms with Crippen LogP contribution in [-0.4, -0.2) is 26.3 Å². The molecule has 0 atom stereocenters. The van der Waals surface area contributed by atoms with Gasteiger partial charge in [-0.1, -0.05) is 18.2 Å². The average Bonchev–Trinajstić information content (AvgIpc) is 3.12. The molecule has 1 heterocycles. The maximum absolute atomic E-state index is 12.8. The van der Waals surface area contributed by atoms with Crippen LogP contribution in [0.2, 0.25) is 0 Å². The number of rotatable bonds is 5. The monoisotopic (exact) mass is 379 g/mol. The van der Waals surface area contributed by atoms with Gasteiger partial charge in [-0.2, -0.15) is 13.2 Å². The largest absolute Gasteiger partial charge is 0.454 e. The minimum Gasteiger partial charge on any atom is -0.454 e. The molecule has 0 bridgehead atoms. The first-order valence-electron chi connectivity index (χ1n) is 8.45. The molecule has 1 aliphatic heterocycles. The summed E-state index contributed by atoms with van der Waals surface area (Å²) in [5, 5.41) is 6.16. The lowest BCUT2D eigenvalue weighted by Crippen LogP contribution is -2.37. The van der Waals surface area contributed by atoms with Crippen molar-refractivity contribution in [1.82, 2.24) is 10.6 Å². The van der Waals surface area contributed by atoms with Crippen molar-refractivity contribution in [2.75, 3.05) is 20.4 Å². The third kappa shape index (κ3) is 5.06. The molecule has 0 spiro atoms. The maximum Gasteiger partial charge on any atom is 0.416 e. The molecule has 3 rings (SSSR count). The standard InChI is InChI=1S/C19H20F3N3O2/c1-23-18(25-11-14-3-2-4-15(9-14)19(20,21)22)24-8-7-13-5-6-16-17(10-13)27-12-26-16/h2-6,9-10H,7-8,11-12H2,1H3,(H2,23,24,25). The van der Waals surface area contributed by atoms with Crippen molar-refractivity contribution in [2.24, 2.45) is 4.99 Å². The van der Waals surface area contributed by atoms with Crippen LogP contribution >= 0.6 is 0 Å². The number of hydrogen-bond acceptors (Lipinski definition) is 3. The fourth-order valence-electron chi connectivity index (χ4n) is 2.69. The van der Waals surface area contributed by atoms with E-state index in [0.29, 0.717) is 18.1 Å². The van der Waals surface area contributed by atoms with E-state index in [-0.39, 0.29) is 13.3 Å². The second-order valence-corrected chi connectivity index (χ2v) is 5.99. The van der Waals surface area contributed by atoms with Gasteiger partial charge in [0.1, 0.15) is 0 Å². The Morgan fingerprint density at radius 3 is 2.63 bits per heavy atom. The Hall–Kier alpha value is -2.90. The molecule has 5 nitrogen and oxygen atoms in total.